The van der Waals surface area contributed by atoms with Crippen LogP contribution in [-0.2, 0) is 9.53 Å². The molecule has 1 saturated carbocycles. The first-order valence-corrected chi connectivity index (χ1v) is 9.88. The first-order chi connectivity index (χ1) is 11.8. The number of piperidine rings is 1. The summed E-state index contributed by atoms with van der Waals surface area (Å²) in [6.07, 6.45) is 9.35. The smallest absolute Gasteiger partial charge is 0.308 e. The molecule has 2 atom stereocenters. The van der Waals surface area contributed by atoms with Crippen LogP contribution in [0.4, 0.5) is 0 Å². The fourth-order valence-corrected chi connectivity index (χ4v) is 4.34. The Balaban J connectivity index is 0.00000225. The minimum Gasteiger partial charge on any atom is -1.00 e. The normalized spacial score (nSPS) is 24.3. The van der Waals surface area contributed by atoms with Crippen LogP contribution in [0.3, 0.4) is 0 Å². The summed E-state index contributed by atoms with van der Waals surface area (Å²) in [7, 11) is 0. The number of benzene rings is 1. The van der Waals surface area contributed by atoms with Gasteiger partial charge in [-0.1, -0.05) is 49.6 Å². The van der Waals surface area contributed by atoms with E-state index in [-0.39, 0.29) is 24.3 Å². The summed E-state index contributed by atoms with van der Waals surface area (Å²) < 4.78 is 5.53. The van der Waals surface area contributed by atoms with Gasteiger partial charge < -0.3 is 22.0 Å². The van der Waals surface area contributed by atoms with Crippen molar-refractivity contribution >= 4 is 5.97 Å². The molecule has 1 aromatic carbocycles. The quantitative estimate of drug-likeness (QED) is 0.567. The van der Waals surface area contributed by atoms with Gasteiger partial charge >= 0.3 is 5.97 Å². The van der Waals surface area contributed by atoms with E-state index >= 15 is 0 Å². The third kappa shape index (κ3) is 6.31. The second kappa shape index (κ2) is 10.8. The lowest BCUT2D eigenvalue weighted by Crippen LogP contribution is -3.13. The third-order valence-corrected chi connectivity index (χ3v) is 5.75. The van der Waals surface area contributed by atoms with Crippen LogP contribution in [0.15, 0.2) is 30.3 Å². The van der Waals surface area contributed by atoms with Crippen molar-refractivity contribution in [2.75, 3.05) is 26.2 Å². The Kier molecular flexibility index (Phi) is 8.77. The van der Waals surface area contributed by atoms with Crippen molar-refractivity contribution in [3.63, 3.8) is 0 Å². The second-order valence-electron chi connectivity index (χ2n) is 7.56. The lowest BCUT2D eigenvalue weighted by molar-refractivity contribution is -0.906. The number of nitrogens with one attached hydrogen (secondary N) is 1. The Morgan fingerprint density at radius 2 is 1.80 bits per heavy atom. The molecule has 2 aliphatic rings. The molecule has 140 valence electrons. The van der Waals surface area contributed by atoms with Gasteiger partial charge in [0.05, 0.1) is 32.2 Å². The molecular formula is C21H32ClNO2. The lowest BCUT2D eigenvalue weighted by Gasteiger charge is -2.30. The molecule has 0 aromatic heterocycles. The average molecular weight is 366 g/mol. The van der Waals surface area contributed by atoms with Crippen molar-refractivity contribution in [3.05, 3.63) is 35.9 Å². The molecule has 25 heavy (non-hydrogen) atoms. The summed E-state index contributed by atoms with van der Waals surface area (Å²) in [6, 6.07) is 10.9. The number of hydrogen-bond donors (Lipinski definition) is 1. The molecule has 1 aliphatic heterocycles. The molecule has 0 bridgehead atoms. The Bertz CT molecular complexity index is 502. The number of halogens is 1. The van der Waals surface area contributed by atoms with Crippen molar-refractivity contribution in [3.8, 4) is 0 Å². The number of rotatable bonds is 6. The molecule has 1 heterocycles. The summed E-state index contributed by atoms with van der Waals surface area (Å²) in [5, 5.41) is 0. The van der Waals surface area contributed by atoms with Gasteiger partial charge in [0.2, 0.25) is 0 Å². The van der Waals surface area contributed by atoms with Gasteiger partial charge in [-0.2, -0.15) is 0 Å². The Hall–Kier alpha value is -1.06. The van der Waals surface area contributed by atoms with Crippen LogP contribution in [0.2, 0.25) is 0 Å². The van der Waals surface area contributed by atoms with E-state index in [1.54, 1.807) is 4.90 Å². The molecule has 1 N–H and O–H groups in total. The van der Waals surface area contributed by atoms with Crippen molar-refractivity contribution in [1.29, 1.82) is 0 Å². The number of ether oxygens (including phenoxy) is 1. The number of hydrogen-bond acceptors (Lipinski definition) is 2. The highest BCUT2D eigenvalue weighted by molar-refractivity contribution is 5.72. The van der Waals surface area contributed by atoms with Gasteiger partial charge in [-0.3, -0.25) is 4.79 Å². The maximum atomic E-state index is 12.1. The van der Waals surface area contributed by atoms with Crippen molar-refractivity contribution in [2.45, 2.75) is 57.3 Å². The van der Waals surface area contributed by atoms with Crippen molar-refractivity contribution < 1.29 is 26.8 Å². The van der Waals surface area contributed by atoms with Crippen LogP contribution in [-0.4, -0.2) is 32.2 Å². The lowest BCUT2D eigenvalue weighted by atomic mass is 9.89. The monoisotopic (exact) mass is 365 g/mol. The van der Waals surface area contributed by atoms with Crippen LogP contribution in [0, 0.1) is 5.92 Å². The summed E-state index contributed by atoms with van der Waals surface area (Å²) in [5.74, 6) is 0.939. The largest absolute Gasteiger partial charge is 1.00 e. The zero-order chi connectivity index (χ0) is 16.6. The van der Waals surface area contributed by atoms with E-state index in [0.717, 1.165) is 25.8 Å². The molecule has 1 aliphatic carbocycles. The second-order valence-corrected chi connectivity index (χ2v) is 7.56. The Morgan fingerprint density at radius 1 is 1.04 bits per heavy atom. The fraction of sp³-hybridized carbons (Fsp3) is 0.667. The van der Waals surface area contributed by atoms with Gasteiger partial charge in [0, 0.05) is 12.3 Å². The topological polar surface area (TPSA) is 30.7 Å². The van der Waals surface area contributed by atoms with Crippen LogP contribution in [0.1, 0.15) is 62.8 Å². The van der Waals surface area contributed by atoms with Crippen molar-refractivity contribution in [2.24, 2.45) is 5.92 Å². The molecular weight excluding hydrogens is 334 g/mol. The van der Waals surface area contributed by atoms with E-state index in [1.165, 1.54) is 50.8 Å². The molecule has 2 unspecified atom stereocenters. The highest BCUT2D eigenvalue weighted by Crippen LogP contribution is 2.24. The summed E-state index contributed by atoms with van der Waals surface area (Å²) in [4.78, 5) is 13.7. The van der Waals surface area contributed by atoms with Gasteiger partial charge in [0.1, 0.15) is 0 Å². The first-order valence-electron chi connectivity index (χ1n) is 9.88. The van der Waals surface area contributed by atoms with Crippen molar-refractivity contribution in [1.82, 2.24) is 0 Å². The highest BCUT2D eigenvalue weighted by Gasteiger charge is 2.25. The predicted octanol–water partition coefficient (Wildman–Crippen LogP) is -0.0335. The van der Waals surface area contributed by atoms with E-state index in [4.69, 9.17) is 4.74 Å². The van der Waals surface area contributed by atoms with Gasteiger partial charge in [0.15, 0.2) is 0 Å². The first kappa shape index (κ1) is 20.3. The zero-order valence-electron chi connectivity index (χ0n) is 15.2. The average Bonchev–Trinajstić information content (AvgIpc) is 2.67. The van der Waals surface area contributed by atoms with E-state index in [9.17, 15) is 4.79 Å². The fourth-order valence-electron chi connectivity index (χ4n) is 4.34. The Morgan fingerprint density at radius 3 is 2.56 bits per heavy atom. The van der Waals surface area contributed by atoms with Crippen LogP contribution in [0.25, 0.3) is 0 Å². The summed E-state index contributed by atoms with van der Waals surface area (Å²) >= 11 is 0. The van der Waals surface area contributed by atoms with Crippen LogP contribution in [0.5, 0.6) is 0 Å². The van der Waals surface area contributed by atoms with E-state index in [1.807, 2.05) is 0 Å². The van der Waals surface area contributed by atoms with Crippen LogP contribution < -0.4 is 17.3 Å². The molecule has 0 radical (unpaired) electrons. The highest BCUT2D eigenvalue weighted by atomic mass is 35.5. The zero-order valence-corrected chi connectivity index (χ0v) is 16.0. The maximum absolute atomic E-state index is 12.1. The molecule has 1 aromatic rings. The molecule has 0 amide bonds. The Labute approximate surface area is 158 Å². The van der Waals surface area contributed by atoms with Crippen LogP contribution >= 0.6 is 0 Å². The molecule has 3 rings (SSSR count). The third-order valence-electron chi connectivity index (χ3n) is 5.75. The molecule has 3 nitrogen and oxygen atoms in total. The standard InChI is InChI=1S/C21H31NO2.ClH/c23-21(19-11-5-2-6-12-19)24-16-8-15-22-14-7-13-20(17-22)18-9-3-1-4-10-18;/h1,3-4,9-10,19-20H,2,5-8,11-17H2;1H. The number of quaternary nitrogens is 1. The maximum Gasteiger partial charge on any atom is 0.308 e. The predicted molar refractivity (Wildman–Crippen MR) is 96.1 cm³/mol. The van der Waals surface area contributed by atoms with E-state index < -0.39 is 0 Å². The van der Waals surface area contributed by atoms with E-state index in [0.29, 0.717) is 12.5 Å². The molecule has 2 fully saturated rings. The molecule has 4 heteroatoms. The minimum absolute atomic E-state index is 0. The molecule has 1 saturated heterocycles. The number of carbonyl (C=O) groups excluding carboxylic acids is 1. The van der Waals surface area contributed by atoms with Gasteiger partial charge in [-0.15, -0.1) is 0 Å². The summed E-state index contributed by atoms with van der Waals surface area (Å²) in [6.45, 7) is 4.22. The number of likely N-dealkylation sites (tertiary alicyclic amines) is 1. The van der Waals surface area contributed by atoms with Gasteiger partial charge in [-0.05, 0) is 31.2 Å². The SMILES string of the molecule is O=C(OCCC[NH+]1CCCC(c2ccccc2)C1)C1CCCCC1.[Cl-]. The number of carbonyl (C=O) groups is 1. The summed E-state index contributed by atoms with van der Waals surface area (Å²) in [5.41, 5.74) is 1.48. The number of esters is 1. The molecule has 0 spiro atoms. The minimum atomic E-state index is 0. The van der Waals surface area contributed by atoms with E-state index in [2.05, 4.69) is 30.3 Å². The van der Waals surface area contributed by atoms with Gasteiger partial charge in [-0.25, -0.2) is 0 Å². The van der Waals surface area contributed by atoms with Gasteiger partial charge in [0.25, 0.3) is 0 Å².